The van der Waals surface area contributed by atoms with Crippen LogP contribution in [-0.4, -0.2) is 38.2 Å². The van der Waals surface area contributed by atoms with Gasteiger partial charge in [-0.1, -0.05) is 0 Å². The number of ether oxygens (including phenoxy) is 2. The lowest BCUT2D eigenvalue weighted by Crippen LogP contribution is -2.36. The Morgan fingerprint density at radius 3 is 1.69 bits per heavy atom. The second-order valence-electron chi connectivity index (χ2n) is 2.25. The van der Waals surface area contributed by atoms with Crippen LogP contribution in [0.15, 0.2) is 0 Å². The fourth-order valence-corrected chi connectivity index (χ4v) is 0.617. The van der Waals surface area contributed by atoms with Crippen LogP contribution in [0.25, 0.3) is 0 Å². The molecule has 1 N–H and O–H groups in total. The van der Waals surface area contributed by atoms with Gasteiger partial charge in [-0.3, -0.25) is 14.9 Å². The molecule has 5 nitrogen and oxygen atoms in total. The SMILES string of the molecule is CCOCC(=O)NC(=O)COCC. The predicted molar refractivity (Wildman–Crippen MR) is 46.1 cm³/mol. The maximum Gasteiger partial charge on any atom is 0.252 e. The van der Waals surface area contributed by atoms with Gasteiger partial charge in [-0.25, -0.2) is 0 Å². The van der Waals surface area contributed by atoms with Gasteiger partial charge in [0.1, 0.15) is 13.2 Å². The molecule has 0 saturated carbocycles. The van der Waals surface area contributed by atoms with Gasteiger partial charge in [0.2, 0.25) is 0 Å². The van der Waals surface area contributed by atoms with Crippen molar-refractivity contribution < 1.29 is 19.1 Å². The molecular formula is C8H15NO4. The van der Waals surface area contributed by atoms with Crippen molar-refractivity contribution in [2.24, 2.45) is 0 Å². The molecule has 0 bridgehead atoms. The Kier molecular flexibility index (Phi) is 7.14. The average molecular weight is 189 g/mol. The molecule has 0 aliphatic rings. The topological polar surface area (TPSA) is 64.6 Å². The minimum Gasteiger partial charge on any atom is -0.372 e. The third-order valence-electron chi connectivity index (χ3n) is 1.15. The van der Waals surface area contributed by atoms with Crippen molar-refractivity contribution in [3.05, 3.63) is 0 Å². The van der Waals surface area contributed by atoms with Crippen LogP contribution in [0, 0.1) is 0 Å². The summed E-state index contributed by atoms with van der Waals surface area (Å²) in [5, 5.41) is 2.12. The number of amides is 2. The third kappa shape index (κ3) is 7.42. The fourth-order valence-electron chi connectivity index (χ4n) is 0.617. The largest absolute Gasteiger partial charge is 0.372 e. The molecule has 0 rings (SSSR count). The van der Waals surface area contributed by atoms with E-state index >= 15 is 0 Å². The lowest BCUT2D eigenvalue weighted by molar-refractivity contribution is -0.135. The Bertz CT molecular complexity index is 152. The first-order valence-electron chi connectivity index (χ1n) is 4.18. The van der Waals surface area contributed by atoms with Crippen molar-refractivity contribution in [3.63, 3.8) is 0 Å². The Balaban J connectivity index is 3.47. The van der Waals surface area contributed by atoms with E-state index in [1.807, 2.05) is 0 Å². The molecule has 0 saturated heterocycles. The summed E-state index contributed by atoms with van der Waals surface area (Å²) < 4.78 is 9.59. The van der Waals surface area contributed by atoms with Gasteiger partial charge in [0.05, 0.1) is 0 Å². The first-order chi connectivity index (χ1) is 6.20. The number of nitrogens with one attached hydrogen (secondary N) is 1. The van der Waals surface area contributed by atoms with Crippen molar-refractivity contribution in [3.8, 4) is 0 Å². The number of carbonyl (C=O) groups excluding carboxylic acids is 2. The quantitative estimate of drug-likeness (QED) is 0.623. The molecule has 0 aromatic rings. The lowest BCUT2D eigenvalue weighted by Gasteiger charge is -2.03. The van der Waals surface area contributed by atoms with E-state index in [0.717, 1.165) is 0 Å². The first kappa shape index (κ1) is 12.1. The Hall–Kier alpha value is -0.940. The number of hydrogen-bond acceptors (Lipinski definition) is 4. The number of rotatable bonds is 6. The van der Waals surface area contributed by atoms with Crippen molar-refractivity contribution >= 4 is 11.8 Å². The zero-order valence-electron chi connectivity index (χ0n) is 7.96. The van der Waals surface area contributed by atoms with Gasteiger partial charge < -0.3 is 9.47 Å². The third-order valence-corrected chi connectivity index (χ3v) is 1.15. The zero-order valence-corrected chi connectivity index (χ0v) is 7.96. The highest BCUT2D eigenvalue weighted by Crippen LogP contribution is 1.77. The average Bonchev–Trinajstić information content (AvgIpc) is 2.11. The molecule has 0 heterocycles. The summed E-state index contributed by atoms with van der Waals surface area (Å²) in [6, 6.07) is 0. The van der Waals surface area contributed by atoms with Crippen LogP contribution in [0.5, 0.6) is 0 Å². The lowest BCUT2D eigenvalue weighted by atomic mass is 10.5. The van der Waals surface area contributed by atoms with Crippen molar-refractivity contribution in [2.75, 3.05) is 26.4 Å². The summed E-state index contributed by atoms with van der Waals surface area (Å²) in [7, 11) is 0. The van der Waals surface area contributed by atoms with E-state index in [0.29, 0.717) is 13.2 Å². The van der Waals surface area contributed by atoms with Crippen LogP contribution in [0.1, 0.15) is 13.8 Å². The highest BCUT2D eigenvalue weighted by Gasteiger charge is 2.06. The van der Waals surface area contributed by atoms with E-state index in [2.05, 4.69) is 5.32 Å². The number of imide groups is 1. The van der Waals surface area contributed by atoms with Gasteiger partial charge in [-0.15, -0.1) is 0 Å². The van der Waals surface area contributed by atoms with Crippen LogP contribution in [-0.2, 0) is 19.1 Å². The second-order valence-corrected chi connectivity index (χ2v) is 2.25. The van der Waals surface area contributed by atoms with Crippen LogP contribution in [0.2, 0.25) is 0 Å². The summed E-state index contributed by atoms with van der Waals surface area (Å²) in [4.78, 5) is 21.7. The van der Waals surface area contributed by atoms with Crippen molar-refractivity contribution in [2.45, 2.75) is 13.8 Å². The smallest absolute Gasteiger partial charge is 0.252 e. The summed E-state index contributed by atoms with van der Waals surface area (Å²) in [6.07, 6.45) is 0. The highest BCUT2D eigenvalue weighted by molar-refractivity contribution is 5.96. The zero-order chi connectivity index (χ0) is 10.1. The minimum atomic E-state index is -0.438. The summed E-state index contributed by atoms with van der Waals surface area (Å²) in [5.74, 6) is -0.877. The molecule has 0 aliphatic carbocycles. The molecule has 0 fully saturated rings. The molecule has 5 heteroatoms. The standard InChI is InChI=1S/C8H15NO4/c1-3-12-5-7(10)9-8(11)6-13-4-2/h3-6H2,1-2H3,(H,9,10,11). The predicted octanol–water partition coefficient (Wildman–Crippen LogP) is -0.298. The van der Waals surface area contributed by atoms with E-state index in [1.165, 1.54) is 0 Å². The van der Waals surface area contributed by atoms with Crippen molar-refractivity contribution in [1.82, 2.24) is 5.32 Å². The van der Waals surface area contributed by atoms with Crippen LogP contribution in [0.3, 0.4) is 0 Å². The van der Waals surface area contributed by atoms with E-state index in [4.69, 9.17) is 9.47 Å². The maximum absolute atomic E-state index is 10.9. The Morgan fingerprint density at radius 1 is 1.00 bits per heavy atom. The van der Waals surface area contributed by atoms with Gasteiger partial charge in [0.25, 0.3) is 11.8 Å². The molecule has 13 heavy (non-hydrogen) atoms. The molecule has 0 aromatic carbocycles. The van der Waals surface area contributed by atoms with Gasteiger partial charge in [-0.05, 0) is 13.8 Å². The number of hydrogen-bond donors (Lipinski definition) is 1. The minimum absolute atomic E-state index is 0.0889. The molecule has 0 radical (unpaired) electrons. The molecule has 0 unspecified atom stereocenters. The van der Waals surface area contributed by atoms with Gasteiger partial charge in [0, 0.05) is 13.2 Å². The van der Waals surface area contributed by atoms with Gasteiger partial charge in [0.15, 0.2) is 0 Å². The summed E-state index contributed by atoms with van der Waals surface area (Å²) in [5.41, 5.74) is 0. The van der Waals surface area contributed by atoms with Gasteiger partial charge >= 0.3 is 0 Å². The molecule has 0 atom stereocenters. The van der Waals surface area contributed by atoms with E-state index < -0.39 is 11.8 Å². The van der Waals surface area contributed by atoms with Crippen LogP contribution in [0.4, 0.5) is 0 Å². The van der Waals surface area contributed by atoms with Gasteiger partial charge in [-0.2, -0.15) is 0 Å². The van der Waals surface area contributed by atoms with E-state index in [1.54, 1.807) is 13.8 Å². The van der Waals surface area contributed by atoms with Crippen molar-refractivity contribution in [1.29, 1.82) is 0 Å². The maximum atomic E-state index is 10.9. The second kappa shape index (κ2) is 7.70. The molecule has 2 amide bonds. The summed E-state index contributed by atoms with van der Waals surface area (Å²) in [6.45, 7) is 4.27. The fraction of sp³-hybridized carbons (Fsp3) is 0.750. The van der Waals surface area contributed by atoms with E-state index in [-0.39, 0.29) is 13.2 Å². The highest BCUT2D eigenvalue weighted by atomic mass is 16.5. The molecule has 0 spiro atoms. The van der Waals surface area contributed by atoms with E-state index in [9.17, 15) is 9.59 Å². The first-order valence-corrected chi connectivity index (χ1v) is 4.18. The summed E-state index contributed by atoms with van der Waals surface area (Å²) >= 11 is 0. The monoisotopic (exact) mass is 189 g/mol. The number of carbonyl (C=O) groups is 2. The normalized spacial score (nSPS) is 9.69. The Morgan fingerprint density at radius 2 is 1.38 bits per heavy atom. The molecule has 0 aliphatic heterocycles. The Labute approximate surface area is 77.4 Å². The van der Waals surface area contributed by atoms with Crippen LogP contribution >= 0.6 is 0 Å². The molecule has 0 aromatic heterocycles. The molecular weight excluding hydrogens is 174 g/mol. The molecule has 76 valence electrons. The van der Waals surface area contributed by atoms with Crippen LogP contribution < -0.4 is 5.32 Å².